The van der Waals surface area contributed by atoms with Crippen molar-refractivity contribution < 1.29 is 0 Å². The molecule has 2 heterocycles. The molecule has 1 nitrogen and oxygen atoms in total. The smallest absolute Gasteiger partial charge is 0.240 e. The van der Waals surface area contributed by atoms with Crippen LogP contribution >= 0.6 is 0 Å². The molecular formula is C43H32BNSi-. The van der Waals surface area contributed by atoms with Crippen LogP contribution in [0.25, 0.3) is 22.3 Å². The van der Waals surface area contributed by atoms with Crippen LogP contribution in [0.1, 0.15) is 0 Å². The molecule has 0 saturated heterocycles. The van der Waals surface area contributed by atoms with Crippen LogP contribution in [-0.4, -0.2) is 21.8 Å². The summed E-state index contributed by atoms with van der Waals surface area (Å²) in [5.41, 5.74) is 11.9. The van der Waals surface area contributed by atoms with Crippen molar-refractivity contribution in [1.29, 1.82) is 0 Å². The lowest BCUT2D eigenvalue weighted by Crippen LogP contribution is -2.87. The van der Waals surface area contributed by atoms with Crippen molar-refractivity contribution in [2.45, 2.75) is 0 Å². The number of hydrogen-bond acceptors (Lipinski definition) is 1. The van der Waals surface area contributed by atoms with Crippen LogP contribution in [0.15, 0.2) is 176 Å². The molecule has 0 saturated carbocycles. The monoisotopic (exact) mass is 601 g/mol. The van der Waals surface area contributed by atoms with Gasteiger partial charge >= 0.3 is 0 Å². The van der Waals surface area contributed by atoms with Crippen LogP contribution in [0.2, 0.25) is 0 Å². The molecule has 2 aliphatic rings. The standard InChI is InChI=1S/C43H32BNSi/c1-45-39-26-13-11-24-37(39)44-38-25-12-14-27-41(38)46(35-20-7-3-8-21-35,36-22-9-4-10-23-36)42-30-34(29-40(45)43(42)44)33-19-15-18-32(28-33)31-16-5-2-6-17-31/h2-30H,1H3/q-1. The minimum absolute atomic E-state index is 0.173. The van der Waals surface area contributed by atoms with Gasteiger partial charge in [0.1, 0.15) is 0 Å². The second-order valence-corrected chi connectivity index (χ2v) is 16.3. The second kappa shape index (κ2) is 10.6. The molecule has 46 heavy (non-hydrogen) atoms. The third kappa shape index (κ3) is 3.88. The van der Waals surface area contributed by atoms with E-state index >= 15 is 0 Å². The van der Waals surface area contributed by atoms with Gasteiger partial charge in [-0.25, -0.2) is 0 Å². The molecule has 0 aromatic heterocycles. The van der Waals surface area contributed by atoms with Gasteiger partial charge in [0.05, 0.1) is 0 Å². The molecule has 9 rings (SSSR count). The summed E-state index contributed by atoms with van der Waals surface area (Å²) in [6.07, 6.45) is 0. The van der Waals surface area contributed by atoms with Crippen molar-refractivity contribution >= 4 is 63.3 Å². The van der Waals surface area contributed by atoms with Crippen LogP contribution in [0.3, 0.4) is 0 Å². The fourth-order valence-electron chi connectivity index (χ4n) is 8.25. The van der Waals surface area contributed by atoms with Crippen molar-refractivity contribution in [3.63, 3.8) is 0 Å². The SMILES string of the molecule is CN1c2ccccc2B2c3ccccc3[Si-](c3ccccc3)(c3ccccc3)c3cc(-c4cccc(-c5ccccc5)c4)cc1c32. The summed E-state index contributed by atoms with van der Waals surface area (Å²) in [6, 6.07) is 65.9. The van der Waals surface area contributed by atoms with Gasteiger partial charge < -0.3 is 4.90 Å². The summed E-state index contributed by atoms with van der Waals surface area (Å²) in [4.78, 5) is 2.44. The Morgan fingerprint density at radius 1 is 0.413 bits per heavy atom. The lowest BCUT2D eigenvalue weighted by molar-refractivity contribution is 1.22. The maximum atomic E-state index is 2.57. The first-order chi connectivity index (χ1) is 22.7. The Morgan fingerprint density at radius 2 is 0.957 bits per heavy atom. The van der Waals surface area contributed by atoms with Crippen LogP contribution in [0.5, 0.6) is 0 Å². The number of benzene rings is 7. The first-order valence-corrected chi connectivity index (χ1v) is 18.1. The van der Waals surface area contributed by atoms with E-state index in [2.05, 4.69) is 188 Å². The van der Waals surface area contributed by atoms with E-state index in [9.17, 15) is 0 Å². The number of para-hydroxylation sites is 1. The minimum Gasteiger partial charge on any atom is -0.346 e. The quantitative estimate of drug-likeness (QED) is 0.248. The van der Waals surface area contributed by atoms with E-state index in [1.807, 2.05) is 0 Å². The minimum atomic E-state index is -2.75. The number of nitrogens with zero attached hydrogens (tertiary/aromatic N) is 1. The molecule has 0 spiro atoms. The molecule has 0 atom stereocenters. The lowest BCUT2D eigenvalue weighted by Gasteiger charge is -2.55. The highest BCUT2D eigenvalue weighted by Gasteiger charge is 2.44. The van der Waals surface area contributed by atoms with Crippen molar-refractivity contribution in [2.24, 2.45) is 0 Å². The molecule has 217 valence electrons. The van der Waals surface area contributed by atoms with Crippen molar-refractivity contribution in [3.05, 3.63) is 176 Å². The first-order valence-electron chi connectivity index (χ1n) is 16.1. The molecule has 0 unspecified atom stereocenters. The summed E-state index contributed by atoms with van der Waals surface area (Å²) in [6.45, 7) is 0.173. The average molecular weight is 602 g/mol. The predicted octanol–water partition coefficient (Wildman–Crippen LogP) is 5.31. The summed E-state index contributed by atoms with van der Waals surface area (Å²) >= 11 is 0. The van der Waals surface area contributed by atoms with Crippen molar-refractivity contribution in [2.75, 3.05) is 11.9 Å². The lowest BCUT2D eigenvalue weighted by atomic mass is 9.35. The molecule has 0 aliphatic carbocycles. The third-order valence-electron chi connectivity index (χ3n) is 10.2. The number of fused-ring (bicyclic) bond motifs is 4. The highest BCUT2D eigenvalue weighted by atomic mass is 28.3. The van der Waals surface area contributed by atoms with Gasteiger partial charge in [0.15, 0.2) is 0 Å². The van der Waals surface area contributed by atoms with Crippen LogP contribution in [0, 0.1) is 0 Å². The molecule has 0 radical (unpaired) electrons. The maximum Gasteiger partial charge on any atom is 0.240 e. The fraction of sp³-hybridized carbons (Fsp3) is 0.0233. The number of hydrogen-bond donors (Lipinski definition) is 0. The van der Waals surface area contributed by atoms with Gasteiger partial charge in [-0.3, -0.25) is 0 Å². The molecule has 2 aliphatic heterocycles. The van der Waals surface area contributed by atoms with Crippen LogP contribution < -0.4 is 42.0 Å². The Bertz CT molecular complexity index is 2190. The Hall–Kier alpha value is -5.38. The Labute approximate surface area is 272 Å². The molecule has 3 heteroatoms. The number of rotatable bonds is 4. The fourth-order valence-corrected chi connectivity index (χ4v) is 13.6. The third-order valence-corrected chi connectivity index (χ3v) is 15.1. The second-order valence-electron chi connectivity index (χ2n) is 12.5. The van der Waals surface area contributed by atoms with E-state index in [1.165, 1.54) is 70.8 Å². The van der Waals surface area contributed by atoms with Gasteiger partial charge in [-0.05, 0) is 54.0 Å². The zero-order valence-electron chi connectivity index (χ0n) is 25.8. The molecule has 7 aromatic rings. The van der Waals surface area contributed by atoms with E-state index in [4.69, 9.17) is 0 Å². The van der Waals surface area contributed by atoms with Gasteiger partial charge in [0.25, 0.3) is 0 Å². The summed E-state index contributed by atoms with van der Waals surface area (Å²) in [7, 11) is -0.498. The zero-order valence-corrected chi connectivity index (χ0v) is 26.8. The van der Waals surface area contributed by atoms with Crippen LogP contribution in [-0.2, 0) is 0 Å². The topological polar surface area (TPSA) is 3.24 Å². The molecule has 0 bridgehead atoms. The molecular weight excluding hydrogens is 569 g/mol. The largest absolute Gasteiger partial charge is 0.346 e. The summed E-state index contributed by atoms with van der Waals surface area (Å²) in [5, 5.41) is 5.83. The van der Waals surface area contributed by atoms with Gasteiger partial charge in [-0.1, -0.05) is 169 Å². The molecule has 7 aromatic carbocycles. The molecule has 0 fully saturated rings. The molecule has 0 N–H and O–H groups in total. The van der Waals surface area contributed by atoms with Gasteiger partial charge in [-0.15, -0.1) is 0 Å². The van der Waals surface area contributed by atoms with E-state index in [-0.39, 0.29) is 6.71 Å². The zero-order chi connectivity index (χ0) is 30.7. The average Bonchev–Trinajstić information content (AvgIpc) is 3.14. The Kier molecular flexibility index (Phi) is 6.22. The normalized spacial score (nSPS) is 13.8. The maximum absolute atomic E-state index is 2.75. The Morgan fingerprint density at radius 3 is 1.65 bits per heavy atom. The van der Waals surface area contributed by atoms with Gasteiger partial charge in [-0.2, -0.15) is 20.7 Å². The van der Waals surface area contributed by atoms with Crippen LogP contribution in [0.4, 0.5) is 11.4 Å². The summed E-state index contributed by atoms with van der Waals surface area (Å²) in [5.74, 6) is 0. The summed E-state index contributed by atoms with van der Waals surface area (Å²) < 4.78 is 0. The number of anilines is 2. The highest BCUT2D eigenvalue weighted by Crippen LogP contribution is 2.33. The van der Waals surface area contributed by atoms with Gasteiger partial charge in [0.2, 0.25) is 6.71 Å². The predicted molar refractivity (Wildman–Crippen MR) is 200 cm³/mol. The van der Waals surface area contributed by atoms with E-state index in [0.717, 1.165) is 0 Å². The van der Waals surface area contributed by atoms with Crippen molar-refractivity contribution in [1.82, 2.24) is 0 Å². The van der Waals surface area contributed by atoms with E-state index < -0.39 is 8.07 Å². The van der Waals surface area contributed by atoms with Gasteiger partial charge in [0, 0.05) is 18.4 Å². The Balaban J connectivity index is 1.43. The van der Waals surface area contributed by atoms with E-state index in [1.54, 1.807) is 0 Å². The highest BCUT2D eigenvalue weighted by molar-refractivity contribution is 7.26. The van der Waals surface area contributed by atoms with E-state index in [0.29, 0.717) is 0 Å². The molecule has 0 amide bonds. The van der Waals surface area contributed by atoms with Crippen molar-refractivity contribution in [3.8, 4) is 22.3 Å². The first kappa shape index (κ1) is 27.0.